The van der Waals surface area contributed by atoms with Crippen molar-refractivity contribution in [1.82, 2.24) is 4.90 Å². The van der Waals surface area contributed by atoms with Crippen molar-refractivity contribution in [3.05, 3.63) is 48.1 Å². The highest BCUT2D eigenvalue weighted by molar-refractivity contribution is 6.09. The zero-order chi connectivity index (χ0) is 18.3. The van der Waals surface area contributed by atoms with Crippen molar-refractivity contribution in [3.8, 4) is 11.5 Å². The molecule has 0 unspecified atom stereocenters. The van der Waals surface area contributed by atoms with Gasteiger partial charge in [0.25, 0.3) is 0 Å². The SMILES string of the molecule is C=CCN1CC[C@]23c4c5ccc(OC)c4O[C@H]2C(=O)C=C[C@@]3(O)[C@H]1C5=O. The summed E-state index contributed by atoms with van der Waals surface area (Å²) < 4.78 is 11.4. The van der Waals surface area contributed by atoms with Crippen LogP contribution in [0.25, 0.3) is 0 Å². The van der Waals surface area contributed by atoms with Crippen LogP contribution in [0.4, 0.5) is 0 Å². The Kier molecular flexibility index (Phi) is 2.94. The zero-order valence-electron chi connectivity index (χ0n) is 14.4. The summed E-state index contributed by atoms with van der Waals surface area (Å²) in [5.41, 5.74) is -1.33. The molecule has 2 heterocycles. The Hall–Kier alpha value is -2.44. The number of benzene rings is 1. The van der Waals surface area contributed by atoms with Crippen molar-refractivity contribution in [1.29, 1.82) is 0 Å². The Morgan fingerprint density at radius 3 is 3.00 bits per heavy atom. The van der Waals surface area contributed by atoms with E-state index in [0.717, 1.165) is 0 Å². The van der Waals surface area contributed by atoms with E-state index in [4.69, 9.17) is 9.47 Å². The van der Waals surface area contributed by atoms with Gasteiger partial charge in [-0.2, -0.15) is 0 Å². The van der Waals surface area contributed by atoms with Gasteiger partial charge in [-0.05, 0) is 30.7 Å². The Morgan fingerprint density at radius 1 is 1.46 bits per heavy atom. The number of carbonyl (C=O) groups excluding carboxylic acids is 2. The van der Waals surface area contributed by atoms with Gasteiger partial charge in [-0.15, -0.1) is 6.58 Å². The van der Waals surface area contributed by atoms with Crippen molar-refractivity contribution in [3.63, 3.8) is 0 Å². The van der Waals surface area contributed by atoms with E-state index in [1.165, 1.54) is 19.3 Å². The molecule has 1 aromatic carbocycles. The van der Waals surface area contributed by atoms with E-state index in [0.29, 0.717) is 42.1 Å². The van der Waals surface area contributed by atoms with Gasteiger partial charge in [-0.3, -0.25) is 14.5 Å². The lowest BCUT2D eigenvalue weighted by Crippen LogP contribution is -2.76. The number of piperidine rings is 1. The number of Topliss-reactive ketones (excluding diaryl/α,β-unsaturated/α-hetero) is 1. The molecule has 6 heteroatoms. The molecule has 1 spiro atoms. The number of carbonyl (C=O) groups is 2. The van der Waals surface area contributed by atoms with Gasteiger partial charge >= 0.3 is 0 Å². The topological polar surface area (TPSA) is 76.1 Å². The third-order valence-electron chi connectivity index (χ3n) is 6.40. The van der Waals surface area contributed by atoms with Crippen LogP contribution in [-0.4, -0.2) is 59.5 Å². The van der Waals surface area contributed by atoms with Crippen molar-refractivity contribution in [2.24, 2.45) is 0 Å². The predicted octanol–water partition coefficient (Wildman–Crippen LogP) is 1.02. The molecule has 0 aromatic heterocycles. The first-order valence-electron chi connectivity index (χ1n) is 8.72. The fraction of sp³-hybridized carbons (Fsp3) is 0.400. The summed E-state index contributed by atoms with van der Waals surface area (Å²) in [7, 11) is 1.52. The molecule has 2 bridgehead atoms. The lowest BCUT2D eigenvalue weighted by molar-refractivity contribution is -0.146. The molecule has 0 saturated carbocycles. The fourth-order valence-corrected chi connectivity index (χ4v) is 5.39. The third kappa shape index (κ3) is 1.48. The van der Waals surface area contributed by atoms with Crippen LogP contribution >= 0.6 is 0 Å². The molecular formula is C20H19NO5. The Bertz CT molecular complexity index is 906. The molecule has 0 radical (unpaired) electrons. The standard InChI is InChI=1S/C20H19NO5/c1-3-9-21-10-8-19-14-11-4-5-13(25-2)16(14)26-18(19)12(22)6-7-20(19,24)17(21)15(11)23/h3-7,17-18,24H,1,8-10H2,2H3/t17-,18+,19+,20-/m1/s1. The molecule has 4 atom stereocenters. The highest BCUT2D eigenvalue weighted by Crippen LogP contribution is 2.63. The Morgan fingerprint density at radius 2 is 2.27 bits per heavy atom. The summed E-state index contributed by atoms with van der Waals surface area (Å²) in [6.45, 7) is 4.82. The van der Waals surface area contributed by atoms with E-state index < -0.39 is 23.2 Å². The number of likely N-dealkylation sites (tertiary alicyclic amines) is 1. The lowest BCUT2D eigenvalue weighted by Gasteiger charge is -2.59. The second-order valence-corrected chi connectivity index (χ2v) is 7.35. The van der Waals surface area contributed by atoms with Gasteiger partial charge in [0.1, 0.15) is 11.6 Å². The van der Waals surface area contributed by atoms with Crippen LogP contribution < -0.4 is 9.47 Å². The van der Waals surface area contributed by atoms with Crippen LogP contribution in [0.3, 0.4) is 0 Å². The minimum Gasteiger partial charge on any atom is -0.493 e. The minimum atomic E-state index is -1.51. The normalized spacial score (nSPS) is 36.5. The van der Waals surface area contributed by atoms with Crippen molar-refractivity contribution in [2.75, 3.05) is 20.2 Å². The van der Waals surface area contributed by atoms with Gasteiger partial charge in [0.2, 0.25) is 0 Å². The van der Waals surface area contributed by atoms with E-state index in [1.54, 1.807) is 18.2 Å². The molecule has 0 amide bonds. The van der Waals surface area contributed by atoms with Crippen LogP contribution in [-0.2, 0) is 10.2 Å². The Balaban J connectivity index is 1.87. The fourth-order valence-electron chi connectivity index (χ4n) is 5.39. The summed E-state index contributed by atoms with van der Waals surface area (Å²) in [4.78, 5) is 28.0. The molecule has 5 rings (SSSR count). The smallest absolute Gasteiger partial charge is 0.196 e. The van der Waals surface area contributed by atoms with Gasteiger partial charge in [0.05, 0.1) is 12.5 Å². The molecule has 1 N–H and O–H groups in total. The summed E-state index contributed by atoms with van der Waals surface area (Å²) in [6.07, 6.45) is 4.25. The van der Waals surface area contributed by atoms with Crippen LogP contribution in [0.15, 0.2) is 36.9 Å². The molecular weight excluding hydrogens is 334 g/mol. The van der Waals surface area contributed by atoms with Gasteiger partial charge < -0.3 is 14.6 Å². The monoisotopic (exact) mass is 353 g/mol. The maximum absolute atomic E-state index is 13.4. The van der Waals surface area contributed by atoms with E-state index in [-0.39, 0.29) is 11.6 Å². The number of hydrogen-bond donors (Lipinski definition) is 1. The van der Waals surface area contributed by atoms with Crippen molar-refractivity contribution in [2.45, 2.75) is 29.6 Å². The number of hydrogen-bond acceptors (Lipinski definition) is 6. The molecule has 1 fully saturated rings. The molecule has 4 aliphatic rings. The van der Waals surface area contributed by atoms with E-state index in [1.807, 2.05) is 4.90 Å². The quantitative estimate of drug-likeness (QED) is 0.818. The van der Waals surface area contributed by atoms with Crippen LogP contribution in [0.1, 0.15) is 22.3 Å². The molecule has 6 nitrogen and oxygen atoms in total. The number of aliphatic hydroxyl groups is 1. The molecule has 26 heavy (non-hydrogen) atoms. The summed E-state index contributed by atoms with van der Waals surface area (Å²) in [5, 5.41) is 11.8. The van der Waals surface area contributed by atoms with Gasteiger partial charge in [-0.25, -0.2) is 0 Å². The second-order valence-electron chi connectivity index (χ2n) is 7.35. The zero-order valence-corrected chi connectivity index (χ0v) is 14.4. The van der Waals surface area contributed by atoms with Crippen LogP contribution in [0.2, 0.25) is 0 Å². The maximum atomic E-state index is 13.4. The Labute approximate surface area is 150 Å². The number of rotatable bonds is 3. The molecule has 1 aromatic rings. The number of ketones is 2. The average Bonchev–Trinajstić information content (AvgIpc) is 2.98. The first-order valence-corrected chi connectivity index (χ1v) is 8.72. The van der Waals surface area contributed by atoms with Gasteiger partial charge in [0.15, 0.2) is 29.2 Å². The maximum Gasteiger partial charge on any atom is 0.196 e. The van der Waals surface area contributed by atoms with Gasteiger partial charge in [0, 0.05) is 24.2 Å². The number of methoxy groups -OCH3 is 1. The molecule has 1 saturated heterocycles. The highest BCUT2D eigenvalue weighted by atomic mass is 16.5. The largest absolute Gasteiger partial charge is 0.493 e. The number of ether oxygens (including phenoxy) is 2. The molecule has 2 aliphatic carbocycles. The van der Waals surface area contributed by atoms with Crippen LogP contribution in [0, 0.1) is 0 Å². The summed E-state index contributed by atoms with van der Waals surface area (Å²) >= 11 is 0. The third-order valence-corrected chi connectivity index (χ3v) is 6.40. The lowest BCUT2D eigenvalue weighted by atomic mass is 9.50. The van der Waals surface area contributed by atoms with Crippen molar-refractivity contribution < 1.29 is 24.2 Å². The number of nitrogens with zero attached hydrogens (tertiary/aromatic N) is 1. The van der Waals surface area contributed by atoms with Crippen molar-refractivity contribution >= 4 is 11.6 Å². The second kappa shape index (κ2) is 4.84. The highest BCUT2D eigenvalue weighted by Gasteiger charge is 2.74. The first kappa shape index (κ1) is 15.8. The van der Waals surface area contributed by atoms with Gasteiger partial charge in [-0.1, -0.05) is 6.08 Å². The summed E-state index contributed by atoms with van der Waals surface area (Å²) in [5.74, 6) is 0.535. The summed E-state index contributed by atoms with van der Waals surface area (Å²) in [6, 6.07) is 2.65. The molecule has 134 valence electrons. The van der Waals surface area contributed by atoms with E-state index >= 15 is 0 Å². The predicted molar refractivity (Wildman–Crippen MR) is 92.7 cm³/mol. The van der Waals surface area contributed by atoms with E-state index in [9.17, 15) is 14.7 Å². The van der Waals surface area contributed by atoms with Crippen LogP contribution in [0.5, 0.6) is 11.5 Å². The average molecular weight is 353 g/mol. The minimum absolute atomic E-state index is 0.160. The molecule has 2 aliphatic heterocycles. The first-order chi connectivity index (χ1) is 12.5. The van der Waals surface area contributed by atoms with E-state index in [2.05, 4.69) is 6.58 Å².